The van der Waals surface area contributed by atoms with Crippen molar-refractivity contribution < 1.29 is 24.5 Å². The summed E-state index contributed by atoms with van der Waals surface area (Å²) in [5, 5.41) is 21.7. The van der Waals surface area contributed by atoms with Crippen LogP contribution in [-0.2, 0) is 14.3 Å². The van der Waals surface area contributed by atoms with Gasteiger partial charge in [0, 0.05) is 11.5 Å². The van der Waals surface area contributed by atoms with Crippen LogP contribution >= 0.6 is 0 Å². The van der Waals surface area contributed by atoms with Gasteiger partial charge in [-0.2, -0.15) is 0 Å². The predicted molar refractivity (Wildman–Crippen MR) is 69.6 cm³/mol. The maximum absolute atomic E-state index is 12.2. The molecule has 2 fully saturated rings. The third-order valence-corrected chi connectivity index (χ3v) is 5.04. The summed E-state index contributed by atoms with van der Waals surface area (Å²) in [6.45, 7) is 6.91. The fourth-order valence-corrected chi connectivity index (χ4v) is 3.95. The molecule has 20 heavy (non-hydrogen) atoms. The Balaban J connectivity index is 2.17. The highest BCUT2D eigenvalue weighted by atomic mass is 16.6. The number of allylic oxidation sites excluding steroid dienone is 1. The first kappa shape index (κ1) is 13.5. The van der Waals surface area contributed by atoms with Crippen LogP contribution in [0.2, 0.25) is 0 Å². The second kappa shape index (κ2) is 3.80. The zero-order chi connectivity index (χ0) is 14.9. The van der Waals surface area contributed by atoms with Gasteiger partial charge in [-0.3, -0.25) is 4.79 Å². The van der Waals surface area contributed by atoms with Crippen LogP contribution in [0, 0.1) is 11.8 Å². The van der Waals surface area contributed by atoms with Crippen molar-refractivity contribution in [1.82, 2.24) is 0 Å². The molecule has 0 unspecified atom stereocenters. The molecule has 2 N–H and O–H groups in total. The zero-order valence-electron chi connectivity index (χ0n) is 11.5. The summed E-state index contributed by atoms with van der Waals surface area (Å²) in [4.78, 5) is 23.9. The van der Waals surface area contributed by atoms with E-state index in [9.17, 15) is 19.8 Å². The normalized spacial score (nSPS) is 47.5. The molecule has 3 aliphatic rings. The Morgan fingerprint density at radius 1 is 1.40 bits per heavy atom. The van der Waals surface area contributed by atoms with Gasteiger partial charge in [-0.1, -0.05) is 6.58 Å². The molecule has 1 heterocycles. The number of ketones is 1. The number of carbonyl (C=O) groups excluding carboxylic acids is 2. The molecule has 3 rings (SSSR count). The lowest BCUT2D eigenvalue weighted by atomic mass is 9.72. The van der Waals surface area contributed by atoms with Crippen molar-refractivity contribution in [2.45, 2.75) is 44.0 Å². The molecule has 5 heteroatoms. The molecule has 1 aliphatic heterocycles. The number of esters is 1. The molecule has 0 spiro atoms. The Kier molecular flexibility index (Phi) is 2.57. The van der Waals surface area contributed by atoms with E-state index in [-0.39, 0.29) is 11.7 Å². The SMILES string of the molecule is C=C1C(=O)O[C@H]2[C@H]1CC[C@](C)(O)[C@@H]1C(=O)C=C(C)[C@@]12O. The van der Waals surface area contributed by atoms with E-state index >= 15 is 0 Å². The van der Waals surface area contributed by atoms with E-state index in [0.717, 1.165) is 0 Å². The van der Waals surface area contributed by atoms with E-state index in [2.05, 4.69) is 6.58 Å². The molecule has 1 saturated carbocycles. The largest absolute Gasteiger partial charge is 0.455 e. The van der Waals surface area contributed by atoms with Gasteiger partial charge in [-0.25, -0.2) is 4.79 Å². The summed E-state index contributed by atoms with van der Waals surface area (Å²) in [6, 6.07) is 0. The number of carbonyl (C=O) groups is 2. The molecule has 5 nitrogen and oxygen atoms in total. The van der Waals surface area contributed by atoms with Crippen LogP contribution in [0.1, 0.15) is 26.7 Å². The Hall–Kier alpha value is -1.46. The van der Waals surface area contributed by atoms with E-state index < -0.39 is 29.2 Å². The van der Waals surface area contributed by atoms with Gasteiger partial charge in [0.2, 0.25) is 0 Å². The fourth-order valence-electron chi connectivity index (χ4n) is 3.95. The number of aliphatic hydroxyl groups is 2. The monoisotopic (exact) mass is 278 g/mol. The van der Waals surface area contributed by atoms with Gasteiger partial charge in [0.1, 0.15) is 11.7 Å². The number of rotatable bonds is 0. The van der Waals surface area contributed by atoms with Crippen molar-refractivity contribution in [2.75, 3.05) is 0 Å². The van der Waals surface area contributed by atoms with E-state index in [1.807, 2.05) is 0 Å². The zero-order valence-corrected chi connectivity index (χ0v) is 11.5. The van der Waals surface area contributed by atoms with Gasteiger partial charge in [0.25, 0.3) is 0 Å². The lowest BCUT2D eigenvalue weighted by Gasteiger charge is -2.40. The Labute approximate surface area is 116 Å². The van der Waals surface area contributed by atoms with Crippen LogP contribution in [-0.4, -0.2) is 39.3 Å². The van der Waals surface area contributed by atoms with Crippen LogP contribution in [0.4, 0.5) is 0 Å². The molecule has 2 aliphatic carbocycles. The summed E-state index contributed by atoms with van der Waals surface area (Å²) < 4.78 is 5.29. The molecule has 0 radical (unpaired) electrons. The second-order valence-corrected chi connectivity index (χ2v) is 6.34. The number of ether oxygens (including phenoxy) is 1. The fraction of sp³-hybridized carbons (Fsp3) is 0.600. The van der Waals surface area contributed by atoms with Crippen molar-refractivity contribution >= 4 is 11.8 Å². The van der Waals surface area contributed by atoms with Crippen LogP contribution in [0.25, 0.3) is 0 Å². The first-order valence-electron chi connectivity index (χ1n) is 6.76. The smallest absolute Gasteiger partial charge is 0.334 e. The van der Waals surface area contributed by atoms with E-state index in [4.69, 9.17) is 4.74 Å². The maximum atomic E-state index is 12.2. The molecule has 0 aromatic heterocycles. The van der Waals surface area contributed by atoms with Gasteiger partial charge in [-0.15, -0.1) is 0 Å². The maximum Gasteiger partial charge on any atom is 0.334 e. The third kappa shape index (κ3) is 1.45. The highest BCUT2D eigenvalue weighted by molar-refractivity contribution is 5.99. The molecule has 0 bridgehead atoms. The minimum atomic E-state index is -1.64. The molecule has 108 valence electrons. The Morgan fingerprint density at radius 2 is 2.05 bits per heavy atom. The average molecular weight is 278 g/mol. The Bertz CT molecular complexity index is 559. The predicted octanol–water partition coefficient (Wildman–Crippen LogP) is 0.505. The van der Waals surface area contributed by atoms with Crippen molar-refractivity contribution in [3.63, 3.8) is 0 Å². The molecule has 0 amide bonds. The molecular weight excluding hydrogens is 260 g/mol. The lowest BCUT2D eigenvalue weighted by Crippen LogP contribution is -2.56. The summed E-state index contributed by atoms with van der Waals surface area (Å²) in [7, 11) is 0. The number of hydrogen-bond acceptors (Lipinski definition) is 5. The molecule has 5 atom stereocenters. The summed E-state index contributed by atoms with van der Waals surface area (Å²) in [6.07, 6.45) is 1.27. The van der Waals surface area contributed by atoms with Crippen LogP contribution in [0.15, 0.2) is 23.8 Å². The summed E-state index contributed by atoms with van der Waals surface area (Å²) in [5.41, 5.74) is -2.23. The molecule has 1 saturated heterocycles. The van der Waals surface area contributed by atoms with Gasteiger partial charge >= 0.3 is 5.97 Å². The van der Waals surface area contributed by atoms with E-state index in [0.29, 0.717) is 24.0 Å². The third-order valence-electron chi connectivity index (χ3n) is 5.04. The van der Waals surface area contributed by atoms with Crippen molar-refractivity contribution in [3.05, 3.63) is 23.8 Å². The van der Waals surface area contributed by atoms with E-state index in [1.54, 1.807) is 13.8 Å². The first-order chi connectivity index (χ1) is 9.19. The molecular formula is C15H18O5. The van der Waals surface area contributed by atoms with Crippen molar-refractivity contribution in [2.24, 2.45) is 11.8 Å². The van der Waals surface area contributed by atoms with Gasteiger partial charge in [-0.05, 0) is 38.3 Å². The van der Waals surface area contributed by atoms with Crippen molar-refractivity contribution in [3.8, 4) is 0 Å². The highest BCUT2D eigenvalue weighted by Gasteiger charge is 2.65. The minimum absolute atomic E-state index is 0.309. The van der Waals surface area contributed by atoms with Crippen LogP contribution in [0.3, 0.4) is 0 Å². The summed E-state index contributed by atoms with van der Waals surface area (Å²) >= 11 is 0. The topological polar surface area (TPSA) is 83.8 Å². The standard InChI is InChI=1S/C15H18O5/c1-7-6-10(16)11-14(3,18)5-4-9-8(2)13(17)20-12(9)15(7,11)19/h6,9,11-12,18-19H,2,4-5H2,1,3H3/t9-,11-,12-,14-,15+/m0/s1. The van der Waals surface area contributed by atoms with Gasteiger partial charge in [0.15, 0.2) is 5.78 Å². The van der Waals surface area contributed by atoms with E-state index in [1.165, 1.54) is 6.08 Å². The number of fused-ring (bicyclic) bond motifs is 3. The molecule has 0 aromatic carbocycles. The quantitative estimate of drug-likeness (QED) is 0.498. The van der Waals surface area contributed by atoms with Crippen LogP contribution < -0.4 is 0 Å². The molecule has 0 aromatic rings. The van der Waals surface area contributed by atoms with Crippen LogP contribution in [0.5, 0.6) is 0 Å². The first-order valence-corrected chi connectivity index (χ1v) is 6.76. The summed E-state index contributed by atoms with van der Waals surface area (Å²) in [5.74, 6) is -2.20. The lowest BCUT2D eigenvalue weighted by molar-refractivity contribution is -0.168. The minimum Gasteiger partial charge on any atom is -0.455 e. The highest BCUT2D eigenvalue weighted by Crippen LogP contribution is 2.53. The Morgan fingerprint density at radius 3 is 2.70 bits per heavy atom. The average Bonchev–Trinajstić information content (AvgIpc) is 2.71. The second-order valence-electron chi connectivity index (χ2n) is 6.34. The number of hydrogen-bond donors (Lipinski definition) is 2. The van der Waals surface area contributed by atoms with Gasteiger partial charge in [0.05, 0.1) is 11.5 Å². The van der Waals surface area contributed by atoms with Crippen molar-refractivity contribution in [1.29, 1.82) is 0 Å². The van der Waals surface area contributed by atoms with Gasteiger partial charge < -0.3 is 14.9 Å².